The first-order valence-corrected chi connectivity index (χ1v) is 11.7. The zero-order chi connectivity index (χ0) is 24.1. The molecule has 0 aliphatic carbocycles. The molecule has 10 heteroatoms. The quantitative estimate of drug-likeness (QED) is 0.424. The summed E-state index contributed by atoms with van der Waals surface area (Å²) < 4.78 is 10.8. The molecular formula is C24H21ClN2O6S. The van der Waals surface area contributed by atoms with Gasteiger partial charge in [-0.15, -0.1) is 0 Å². The molecule has 2 aliphatic rings. The molecule has 34 heavy (non-hydrogen) atoms. The van der Waals surface area contributed by atoms with Crippen LogP contribution in [0.3, 0.4) is 0 Å². The molecule has 3 amide bonds. The number of amides is 3. The van der Waals surface area contributed by atoms with Crippen LogP contribution in [-0.2, 0) is 14.3 Å². The first-order chi connectivity index (χ1) is 16.4. The van der Waals surface area contributed by atoms with Crippen molar-refractivity contribution < 1.29 is 28.7 Å². The van der Waals surface area contributed by atoms with Gasteiger partial charge in [0.05, 0.1) is 24.7 Å². The second-order valence-corrected chi connectivity index (χ2v) is 8.98. The number of nitrogens with zero attached hydrogens (tertiary/aromatic N) is 2. The van der Waals surface area contributed by atoms with Crippen LogP contribution in [0.1, 0.15) is 15.9 Å². The Labute approximate surface area is 205 Å². The molecule has 0 saturated carbocycles. The molecule has 176 valence electrons. The van der Waals surface area contributed by atoms with Gasteiger partial charge in [0.25, 0.3) is 17.1 Å². The molecule has 0 spiro atoms. The van der Waals surface area contributed by atoms with Crippen molar-refractivity contribution >= 4 is 52.3 Å². The van der Waals surface area contributed by atoms with Gasteiger partial charge in [0.2, 0.25) is 0 Å². The van der Waals surface area contributed by atoms with Gasteiger partial charge in [-0.1, -0.05) is 23.7 Å². The molecule has 0 N–H and O–H groups in total. The number of thioether (sulfide) groups is 1. The highest BCUT2D eigenvalue weighted by molar-refractivity contribution is 8.18. The first-order valence-electron chi connectivity index (χ1n) is 10.5. The van der Waals surface area contributed by atoms with Crippen LogP contribution in [0.4, 0.5) is 4.79 Å². The summed E-state index contributed by atoms with van der Waals surface area (Å²) in [6, 6.07) is 13.1. The van der Waals surface area contributed by atoms with E-state index in [0.29, 0.717) is 48.2 Å². The van der Waals surface area contributed by atoms with Crippen molar-refractivity contribution in [3.8, 4) is 5.75 Å². The van der Waals surface area contributed by atoms with Crippen LogP contribution in [0.2, 0.25) is 5.02 Å². The van der Waals surface area contributed by atoms with Gasteiger partial charge in [-0.25, -0.2) is 0 Å². The van der Waals surface area contributed by atoms with E-state index in [2.05, 4.69) is 0 Å². The van der Waals surface area contributed by atoms with E-state index in [1.54, 1.807) is 59.5 Å². The number of rotatable bonds is 7. The van der Waals surface area contributed by atoms with Crippen LogP contribution in [0, 0.1) is 0 Å². The second kappa shape index (κ2) is 10.9. The molecular weight excluding hydrogens is 480 g/mol. The summed E-state index contributed by atoms with van der Waals surface area (Å²) in [6.07, 6.45) is 1.58. The van der Waals surface area contributed by atoms with Crippen molar-refractivity contribution in [2.45, 2.75) is 0 Å². The zero-order valence-electron chi connectivity index (χ0n) is 18.1. The number of benzene rings is 2. The monoisotopic (exact) mass is 500 g/mol. The first kappa shape index (κ1) is 24.0. The maximum Gasteiger partial charge on any atom is 0.293 e. The van der Waals surface area contributed by atoms with E-state index >= 15 is 0 Å². The molecule has 0 bridgehead atoms. The number of carbonyl (C=O) groups is 4. The van der Waals surface area contributed by atoms with Gasteiger partial charge in [0, 0.05) is 23.7 Å². The number of ketones is 1. The number of halogens is 1. The van der Waals surface area contributed by atoms with Gasteiger partial charge < -0.3 is 14.4 Å². The van der Waals surface area contributed by atoms with Gasteiger partial charge in [-0.3, -0.25) is 24.1 Å². The molecule has 0 aromatic heterocycles. The molecule has 0 unspecified atom stereocenters. The number of carbonyl (C=O) groups excluding carboxylic acids is 4. The average Bonchev–Trinajstić information content (AvgIpc) is 3.11. The molecule has 0 radical (unpaired) electrons. The minimum Gasteiger partial charge on any atom is -0.484 e. The van der Waals surface area contributed by atoms with E-state index in [1.165, 1.54) is 0 Å². The van der Waals surface area contributed by atoms with Crippen molar-refractivity contribution in [1.29, 1.82) is 0 Å². The second-order valence-electron chi connectivity index (χ2n) is 7.55. The number of morpholine rings is 1. The summed E-state index contributed by atoms with van der Waals surface area (Å²) in [7, 11) is 0. The third kappa shape index (κ3) is 5.85. The fourth-order valence-corrected chi connectivity index (χ4v) is 4.33. The van der Waals surface area contributed by atoms with Gasteiger partial charge in [0.1, 0.15) is 5.75 Å². The highest BCUT2D eigenvalue weighted by Gasteiger charge is 2.36. The summed E-state index contributed by atoms with van der Waals surface area (Å²) in [5.41, 5.74) is 1.05. The third-order valence-corrected chi connectivity index (χ3v) is 6.40. The van der Waals surface area contributed by atoms with E-state index in [9.17, 15) is 19.2 Å². The maximum atomic E-state index is 12.7. The lowest BCUT2D eigenvalue weighted by atomic mass is 10.1. The topological polar surface area (TPSA) is 93.2 Å². The maximum absolute atomic E-state index is 12.7. The summed E-state index contributed by atoms with van der Waals surface area (Å²) in [5.74, 6) is -0.461. The fourth-order valence-electron chi connectivity index (χ4n) is 3.37. The molecule has 2 fully saturated rings. The number of hydrogen-bond acceptors (Lipinski definition) is 7. The van der Waals surface area contributed by atoms with Crippen LogP contribution >= 0.6 is 23.4 Å². The summed E-state index contributed by atoms with van der Waals surface area (Å²) in [4.78, 5) is 52.5. The van der Waals surface area contributed by atoms with Crippen molar-refractivity contribution in [2.75, 3.05) is 39.5 Å². The Kier molecular flexibility index (Phi) is 7.66. The third-order valence-electron chi connectivity index (χ3n) is 5.25. The molecule has 2 aromatic carbocycles. The van der Waals surface area contributed by atoms with E-state index in [4.69, 9.17) is 21.1 Å². The smallest absolute Gasteiger partial charge is 0.293 e. The molecule has 4 rings (SSSR count). The summed E-state index contributed by atoms with van der Waals surface area (Å²) in [6.45, 7) is 1.76. The highest BCUT2D eigenvalue weighted by Crippen LogP contribution is 2.32. The number of hydrogen-bond donors (Lipinski definition) is 0. The van der Waals surface area contributed by atoms with Crippen molar-refractivity contribution in [3.63, 3.8) is 0 Å². The lowest BCUT2D eigenvalue weighted by molar-refractivity contribution is -0.137. The zero-order valence-corrected chi connectivity index (χ0v) is 19.6. The summed E-state index contributed by atoms with van der Waals surface area (Å²) in [5, 5.41) is -0.00841. The standard InChI is InChI=1S/C24H21ClN2O6S/c25-18-5-3-17(4-6-18)20(28)14-27-23(30)21(34-24(27)31)13-16-1-7-19(8-2-16)33-15-22(29)26-9-11-32-12-10-26/h1-8,13H,9-12,14-15H2/b21-13+. The normalized spacial score (nSPS) is 17.4. The fraction of sp³-hybridized carbons (Fsp3) is 0.250. The van der Waals surface area contributed by atoms with Crippen LogP contribution in [0.25, 0.3) is 6.08 Å². The Morgan fingerprint density at radius 3 is 2.38 bits per heavy atom. The number of ether oxygens (including phenoxy) is 2. The lowest BCUT2D eigenvalue weighted by Crippen LogP contribution is -2.42. The minimum atomic E-state index is -0.520. The summed E-state index contributed by atoms with van der Waals surface area (Å²) >= 11 is 6.62. The van der Waals surface area contributed by atoms with Crippen LogP contribution < -0.4 is 4.74 Å². The van der Waals surface area contributed by atoms with Crippen LogP contribution in [-0.4, -0.2) is 72.1 Å². The van der Waals surface area contributed by atoms with Crippen LogP contribution in [0.15, 0.2) is 53.4 Å². The number of Topliss-reactive ketones (excluding diaryl/α,β-unsaturated/α-hetero) is 1. The van der Waals surface area contributed by atoms with Crippen LogP contribution in [0.5, 0.6) is 5.75 Å². The van der Waals surface area contributed by atoms with E-state index in [-0.39, 0.29) is 29.7 Å². The van der Waals surface area contributed by atoms with Gasteiger partial charge >= 0.3 is 0 Å². The molecule has 8 nitrogen and oxygen atoms in total. The predicted molar refractivity (Wildman–Crippen MR) is 128 cm³/mol. The molecule has 0 atom stereocenters. The van der Waals surface area contributed by atoms with Gasteiger partial charge in [-0.2, -0.15) is 0 Å². The molecule has 2 saturated heterocycles. The van der Waals surface area contributed by atoms with Gasteiger partial charge in [-0.05, 0) is 59.8 Å². The Balaban J connectivity index is 1.34. The Morgan fingerprint density at radius 2 is 1.71 bits per heavy atom. The molecule has 2 aliphatic heterocycles. The predicted octanol–water partition coefficient (Wildman–Crippen LogP) is 3.50. The number of imide groups is 1. The van der Waals surface area contributed by atoms with Crippen molar-refractivity contribution in [2.24, 2.45) is 0 Å². The van der Waals surface area contributed by atoms with Crippen molar-refractivity contribution in [3.05, 3.63) is 69.6 Å². The Morgan fingerprint density at radius 1 is 1.03 bits per heavy atom. The Hall–Kier alpha value is -3.14. The largest absolute Gasteiger partial charge is 0.484 e. The Bertz CT molecular complexity index is 1130. The minimum absolute atomic E-state index is 0.0696. The van der Waals surface area contributed by atoms with Gasteiger partial charge in [0.15, 0.2) is 12.4 Å². The average molecular weight is 501 g/mol. The van der Waals surface area contributed by atoms with Crippen molar-refractivity contribution in [1.82, 2.24) is 9.80 Å². The highest BCUT2D eigenvalue weighted by atomic mass is 35.5. The molecule has 2 aromatic rings. The van der Waals surface area contributed by atoms with E-state index in [0.717, 1.165) is 16.7 Å². The molecule has 2 heterocycles. The lowest BCUT2D eigenvalue weighted by Gasteiger charge is -2.26. The van der Waals surface area contributed by atoms with E-state index in [1.807, 2.05) is 0 Å². The SMILES string of the molecule is O=C(CN1C(=O)S/C(=C/c2ccc(OCC(=O)N3CCOCC3)cc2)C1=O)c1ccc(Cl)cc1. The van der Waals surface area contributed by atoms with E-state index < -0.39 is 11.1 Å².